The van der Waals surface area contributed by atoms with Crippen LogP contribution in [0, 0.1) is 0 Å². The van der Waals surface area contributed by atoms with E-state index in [2.05, 4.69) is 10.3 Å². The first-order valence-corrected chi connectivity index (χ1v) is 11.0. The highest BCUT2D eigenvalue weighted by molar-refractivity contribution is 7.14. The minimum absolute atomic E-state index is 0.0797. The maximum Gasteiger partial charge on any atom is 0.257 e. The van der Waals surface area contributed by atoms with Crippen LogP contribution in [0.4, 0.5) is 5.13 Å². The fraction of sp³-hybridized carbons (Fsp3) is 0.273. The van der Waals surface area contributed by atoms with Crippen molar-refractivity contribution in [2.24, 2.45) is 0 Å². The molecule has 0 aliphatic carbocycles. The summed E-state index contributed by atoms with van der Waals surface area (Å²) in [7, 11) is 0. The summed E-state index contributed by atoms with van der Waals surface area (Å²) in [6.07, 6.45) is -7.03. The number of carbonyl (C=O) groups is 1. The number of hydrogen-bond donors (Lipinski definition) is 7. The molecule has 7 N–H and O–H groups in total. The number of benzene rings is 2. The van der Waals surface area contributed by atoms with Crippen molar-refractivity contribution in [3.05, 3.63) is 53.4 Å². The van der Waals surface area contributed by atoms with E-state index in [0.717, 1.165) is 11.3 Å². The quantitative estimate of drug-likeness (QED) is 0.259. The van der Waals surface area contributed by atoms with E-state index in [1.165, 1.54) is 42.5 Å². The number of aliphatic hydroxyl groups excluding tert-OH is 4. The predicted molar refractivity (Wildman–Crippen MR) is 120 cm³/mol. The molecule has 11 nitrogen and oxygen atoms in total. The van der Waals surface area contributed by atoms with Gasteiger partial charge in [-0.15, -0.1) is 11.3 Å². The third-order valence-electron chi connectivity index (χ3n) is 5.20. The Morgan fingerprint density at radius 2 is 1.79 bits per heavy atom. The van der Waals surface area contributed by atoms with Crippen molar-refractivity contribution in [1.29, 1.82) is 0 Å². The number of aliphatic hydroxyl groups is 4. The predicted octanol–water partition coefficient (Wildman–Crippen LogP) is 0.652. The van der Waals surface area contributed by atoms with E-state index in [-0.39, 0.29) is 22.8 Å². The number of nitrogens with one attached hydrogen (secondary N) is 1. The van der Waals surface area contributed by atoms with E-state index in [0.29, 0.717) is 16.4 Å². The highest BCUT2D eigenvalue weighted by atomic mass is 32.1. The third kappa shape index (κ3) is 4.97. The van der Waals surface area contributed by atoms with Gasteiger partial charge in [0.1, 0.15) is 41.7 Å². The van der Waals surface area contributed by atoms with Crippen LogP contribution in [0.25, 0.3) is 11.3 Å². The minimum Gasteiger partial charge on any atom is -0.508 e. The van der Waals surface area contributed by atoms with Gasteiger partial charge < -0.3 is 40.1 Å². The smallest absolute Gasteiger partial charge is 0.257 e. The molecule has 1 unspecified atom stereocenters. The van der Waals surface area contributed by atoms with E-state index in [1.807, 2.05) is 0 Å². The number of amides is 1. The highest BCUT2D eigenvalue weighted by Gasteiger charge is 2.44. The van der Waals surface area contributed by atoms with Crippen molar-refractivity contribution in [3.63, 3.8) is 0 Å². The number of phenols is 2. The molecule has 0 radical (unpaired) electrons. The summed E-state index contributed by atoms with van der Waals surface area (Å²) in [6, 6.07) is 9.97. The maximum absolute atomic E-state index is 12.6. The van der Waals surface area contributed by atoms with E-state index < -0.39 is 43.2 Å². The Morgan fingerprint density at radius 3 is 2.47 bits per heavy atom. The number of anilines is 1. The standard InChI is InChI=1S/C22H22N2O9S/c25-8-16-17(28)18(29)19(30)21(33-16)32-12-4-1-10(2-5-12)20(31)24-22-23-14(9-34-22)13-6-3-11(26)7-15(13)27/h1-7,9,16-19,21,25-30H,8H2,(H,23,24,31)/t16-,17+,18+,19-,21?/m1/s1. The number of thiazole rings is 1. The highest BCUT2D eigenvalue weighted by Crippen LogP contribution is 2.34. The summed E-state index contributed by atoms with van der Waals surface area (Å²) in [6.45, 7) is -0.575. The van der Waals surface area contributed by atoms with Crippen molar-refractivity contribution in [2.75, 3.05) is 11.9 Å². The van der Waals surface area contributed by atoms with Crippen molar-refractivity contribution in [3.8, 4) is 28.5 Å². The van der Waals surface area contributed by atoms with Gasteiger partial charge in [0.2, 0.25) is 6.29 Å². The van der Waals surface area contributed by atoms with Gasteiger partial charge in [0.05, 0.1) is 12.3 Å². The molecular weight excluding hydrogens is 468 g/mol. The number of aromatic nitrogens is 1. The molecule has 180 valence electrons. The first kappa shape index (κ1) is 23.9. The zero-order valence-corrected chi connectivity index (χ0v) is 18.3. The molecule has 2 heterocycles. The molecule has 0 spiro atoms. The number of carbonyl (C=O) groups excluding carboxylic acids is 1. The van der Waals surface area contributed by atoms with E-state index in [4.69, 9.17) is 9.47 Å². The lowest BCUT2D eigenvalue weighted by molar-refractivity contribution is -0.277. The second-order valence-corrected chi connectivity index (χ2v) is 8.39. The van der Waals surface area contributed by atoms with Crippen LogP contribution in [-0.2, 0) is 4.74 Å². The molecule has 4 rings (SSSR count). The first-order chi connectivity index (χ1) is 16.3. The Balaban J connectivity index is 1.39. The molecule has 1 amide bonds. The monoisotopic (exact) mass is 490 g/mol. The summed E-state index contributed by atoms with van der Waals surface area (Å²) < 4.78 is 10.8. The number of aromatic hydroxyl groups is 2. The zero-order valence-electron chi connectivity index (χ0n) is 17.5. The molecular formula is C22H22N2O9S. The van der Waals surface area contributed by atoms with E-state index >= 15 is 0 Å². The Hall–Kier alpha value is -3.26. The molecule has 1 aliphatic heterocycles. The molecule has 1 fully saturated rings. The van der Waals surface area contributed by atoms with E-state index in [9.17, 15) is 35.4 Å². The van der Waals surface area contributed by atoms with Gasteiger partial charge in [-0.05, 0) is 36.4 Å². The number of nitrogens with zero attached hydrogens (tertiary/aromatic N) is 1. The second kappa shape index (κ2) is 9.93. The van der Waals surface area contributed by atoms with Crippen LogP contribution in [0.1, 0.15) is 10.4 Å². The topological polar surface area (TPSA) is 182 Å². The zero-order chi connectivity index (χ0) is 24.4. The normalized spacial score (nSPS) is 24.5. The lowest BCUT2D eigenvalue weighted by Gasteiger charge is -2.39. The lowest BCUT2D eigenvalue weighted by atomic mass is 9.99. The van der Waals surface area contributed by atoms with Crippen molar-refractivity contribution < 1.29 is 44.9 Å². The third-order valence-corrected chi connectivity index (χ3v) is 5.96. The fourth-order valence-corrected chi connectivity index (χ4v) is 4.05. The average Bonchev–Trinajstić information content (AvgIpc) is 3.27. The number of phenolic OH excluding ortho intramolecular Hbond substituents is 2. The van der Waals surface area contributed by atoms with Crippen molar-refractivity contribution >= 4 is 22.4 Å². The van der Waals surface area contributed by atoms with Crippen LogP contribution < -0.4 is 10.1 Å². The van der Waals surface area contributed by atoms with Gasteiger partial charge >= 0.3 is 0 Å². The van der Waals surface area contributed by atoms with Crippen LogP contribution in [0.15, 0.2) is 47.8 Å². The number of rotatable bonds is 6. The lowest BCUT2D eigenvalue weighted by Crippen LogP contribution is -2.60. The van der Waals surface area contributed by atoms with Gasteiger partial charge in [-0.1, -0.05) is 0 Å². The number of ether oxygens (including phenoxy) is 2. The second-order valence-electron chi connectivity index (χ2n) is 7.53. The van der Waals surface area contributed by atoms with Gasteiger partial charge in [-0.3, -0.25) is 10.1 Å². The Kier molecular flexibility index (Phi) is 6.97. The summed E-state index contributed by atoms with van der Waals surface area (Å²) in [5.74, 6) is -0.447. The Bertz CT molecular complexity index is 1150. The molecule has 34 heavy (non-hydrogen) atoms. The summed E-state index contributed by atoms with van der Waals surface area (Å²) in [5, 5.41) is 63.0. The van der Waals surface area contributed by atoms with Crippen LogP contribution in [0.5, 0.6) is 17.2 Å². The molecule has 1 aliphatic rings. The molecule has 1 saturated heterocycles. The molecule has 2 aromatic carbocycles. The van der Waals surface area contributed by atoms with Gasteiger partial charge in [-0.25, -0.2) is 4.98 Å². The SMILES string of the molecule is O=C(Nc1nc(-c2ccc(O)cc2O)cs1)c1ccc(OC2O[C@H](CO)[C@H](O)[C@H](O)[C@H]2O)cc1. The van der Waals surface area contributed by atoms with Crippen molar-refractivity contribution in [1.82, 2.24) is 4.98 Å². The summed E-state index contributed by atoms with van der Waals surface area (Å²) in [5.41, 5.74) is 1.12. The van der Waals surface area contributed by atoms with E-state index in [1.54, 1.807) is 5.38 Å². The molecule has 12 heteroatoms. The number of hydrogen-bond acceptors (Lipinski definition) is 11. The molecule has 5 atom stereocenters. The van der Waals surface area contributed by atoms with Gasteiger partial charge in [0.25, 0.3) is 5.91 Å². The average molecular weight is 490 g/mol. The van der Waals surface area contributed by atoms with Gasteiger partial charge in [-0.2, -0.15) is 0 Å². The Morgan fingerprint density at radius 1 is 1.06 bits per heavy atom. The van der Waals surface area contributed by atoms with Gasteiger partial charge in [0, 0.05) is 22.6 Å². The first-order valence-electron chi connectivity index (χ1n) is 10.1. The summed E-state index contributed by atoms with van der Waals surface area (Å²) >= 11 is 1.16. The maximum atomic E-state index is 12.6. The van der Waals surface area contributed by atoms with Crippen LogP contribution >= 0.6 is 11.3 Å². The minimum atomic E-state index is -1.56. The van der Waals surface area contributed by atoms with Gasteiger partial charge in [0.15, 0.2) is 5.13 Å². The van der Waals surface area contributed by atoms with Crippen LogP contribution in [0.3, 0.4) is 0 Å². The van der Waals surface area contributed by atoms with Crippen LogP contribution in [-0.4, -0.2) is 78.8 Å². The summed E-state index contributed by atoms with van der Waals surface area (Å²) in [4.78, 5) is 16.8. The van der Waals surface area contributed by atoms with Crippen LogP contribution in [0.2, 0.25) is 0 Å². The fourth-order valence-electron chi connectivity index (χ4n) is 3.34. The molecule has 3 aromatic rings. The Labute approximate surface area is 197 Å². The largest absolute Gasteiger partial charge is 0.508 e. The molecule has 0 bridgehead atoms. The van der Waals surface area contributed by atoms with Crippen molar-refractivity contribution in [2.45, 2.75) is 30.7 Å². The molecule has 0 saturated carbocycles. The molecule has 1 aromatic heterocycles.